The molecule has 26 heavy (non-hydrogen) atoms. The second-order valence-corrected chi connectivity index (χ2v) is 5.75. The van der Waals surface area contributed by atoms with Gasteiger partial charge in [-0.15, -0.1) is 11.8 Å². The second kappa shape index (κ2) is 10.5. The van der Waals surface area contributed by atoms with E-state index in [1.165, 1.54) is 17.1 Å². The maximum atomic E-state index is 11.9. The van der Waals surface area contributed by atoms with Gasteiger partial charge >= 0.3 is 18.2 Å². The van der Waals surface area contributed by atoms with E-state index < -0.39 is 37.2 Å². The molecule has 0 aliphatic carbocycles. The number of nitrogens with one attached hydrogen (secondary N) is 2. The monoisotopic (exact) mass is 394 g/mol. The summed E-state index contributed by atoms with van der Waals surface area (Å²) < 4.78 is 45.6. The lowest BCUT2D eigenvalue weighted by atomic mass is 10.3. The van der Waals surface area contributed by atoms with Gasteiger partial charge in [-0.2, -0.15) is 13.2 Å². The molecule has 0 heterocycles. The summed E-state index contributed by atoms with van der Waals surface area (Å²) in [6.07, 6.45) is -4.59. The molecular formula is C15H17F3N2O5S. The first kappa shape index (κ1) is 21.6. The van der Waals surface area contributed by atoms with Crippen molar-refractivity contribution in [3.8, 4) is 5.75 Å². The van der Waals surface area contributed by atoms with Crippen LogP contribution in [-0.2, 0) is 14.3 Å². The zero-order chi connectivity index (χ0) is 19.6. The van der Waals surface area contributed by atoms with E-state index >= 15 is 0 Å². The van der Waals surface area contributed by atoms with Gasteiger partial charge in [0, 0.05) is 4.90 Å². The number of halogens is 3. The number of urea groups is 1. The maximum absolute atomic E-state index is 11.9. The molecule has 0 aliphatic rings. The molecule has 0 unspecified atom stereocenters. The minimum absolute atomic E-state index is 0.0818. The van der Waals surface area contributed by atoms with Gasteiger partial charge in [0.1, 0.15) is 12.3 Å². The fraction of sp³-hybridized carbons (Fsp3) is 0.400. The van der Waals surface area contributed by atoms with Gasteiger partial charge in [-0.25, -0.2) is 4.79 Å². The summed E-state index contributed by atoms with van der Waals surface area (Å²) in [6.45, 7) is 0.0383. The van der Waals surface area contributed by atoms with Crippen LogP contribution < -0.4 is 15.4 Å². The van der Waals surface area contributed by atoms with Crippen LogP contribution in [-0.4, -0.2) is 49.6 Å². The van der Waals surface area contributed by atoms with Crippen LogP contribution in [0.2, 0.25) is 0 Å². The molecule has 0 atom stereocenters. The average Bonchev–Trinajstić information content (AvgIpc) is 2.57. The largest absolute Gasteiger partial charge is 0.494 e. The molecule has 7 nitrogen and oxygen atoms in total. The van der Waals surface area contributed by atoms with E-state index in [-0.39, 0.29) is 5.75 Å². The van der Waals surface area contributed by atoms with Gasteiger partial charge in [-0.3, -0.25) is 14.9 Å². The number of imide groups is 1. The number of hydrogen-bond donors (Lipinski definition) is 2. The molecule has 0 aliphatic heterocycles. The molecule has 0 fully saturated rings. The Morgan fingerprint density at radius 3 is 2.38 bits per heavy atom. The van der Waals surface area contributed by atoms with Crippen molar-refractivity contribution in [1.82, 2.24) is 10.6 Å². The van der Waals surface area contributed by atoms with Crippen LogP contribution in [0.3, 0.4) is 0 Å². The number of carbonyl (C=O) groups excluding carboxylic acids is 3. The van der Waals surface area contributed by atoms with Crippen molar-refractivity contribution in [3.05, 3.63) is 24.3 Å². The quantitative estimate of drug-likeness (QED) is 0.518. The lowest BCUT2D eigenvalue weighted by molar-refractivity contribution is -0.145. The van der Waals surface area contributed by atoms with E-state index in [1.54, 1.807) is 29.6 Å². The van der Waals surface area contributed by atoms with Crippen LogP contribution in [0.1, 0.15) is 6.92 Å². The third-order valence-electron chi connectivity index (χ3n) is 2.56. The van der Waals surface area contributed by atoms with Crippen molar-refractivity contribution in [2.45, 2.75) is 18.0 Å². The van der Waals surface area contributed by atoms with Crippen LogP contribution in [0.5, 0.6) is 5.75 Å². The van der Waals surface area contributed by atoms with Crippen molar-refractivity contribution in [2.75, 3.05) is 25.5 Å². The predicted octanol–water partition coefficient (Wildman–Crippen LogP) is 2.11. The highest BCUT2D eigenvalue weighted by atomic mass is 32.2. The Hall–Kier alpha value is -2.43. The lowest BCUT2D eigenvalue weighted by Gasteiger charge is -2.09. The summed E-state index contributed by atoms with van der Waals surface area (Å²) in [5.74, 6) is -1.14. The van der Waals surface area contributed by atoms with Crippen molar-refractivity contribution in [1.29, 1.82) is 0 Å². The van der Waals surface area contributed by atoms with Crippen LogP contribution in [0.25, 0.3) is 0 Å². The zero-order valence-electron chi connectivity index (χ0n) is 13.7. The van der Waals surface area contributed by atoms with Gasteiger partial charge in [0.05, 0.1) is 12.4 Å². The van der Waals surface area contributed by atoms with E-state index in [4.69, 9.17) is 4.74 Å². The number of thioether (sulfide) groups is 1. The maximum Gasteiger partial charge on any atom is 0.405 e. The van der Waals surface area contributed by atoms with E-state index in [2.05, 4.69) is 4.74 Å². The first-order valence-corrected chi connectivity index (χ1v) is 8.34. The summed E-state index contributed by atoms with van der Waals surface area (Å²) in [4.78, 5) is 34.7. The van der Waals surface area contributed by atoms with Crippen LogP contribution in [0.15, 0.2) is 29.2 Å². The van der Waals surface area contributed by atoms with E-state index in [1.807, 2.05) is 6.92 Å². The Kier molecular flexibility index (Phi) is 8.76. The van der Waals surface area contributed by atoms with Crippen molar-refractivity contribution in [3.63, 3.8) is 0 Å². The highest BCUT2D eigenvalue weighted by molar-refractivity contribution is 8.00. The first-order valence-electron chi connectivity index (χ1n) is 7.35. The molecule has 1 aromatic carbocycles. The molecule has 11 heteroatoms. The molecule has 0 spiro atoms. The summed E-state index contributed by atoms with van der Waals surface area (Å²) in [7, 11) is 0. The van der Waals surface area contributed by atoms with Gasteiger partial charge in [-0.1, -0.05) is 0 Å². The van der Waals surface area contributed by atoms with Crippen LogP contribution in [0.4, 0.5) is 18.0 Å². The molecule has 0 bridgehead atoms. The molecule has 0 radical (unpaired) electrons. The second-order valence-electron chi connectivity index (χ2n) is 4.70. The fourth-order valence-electron chi connectivity index (χ4n) is 1.52. The number of carbonyl (C=O) groups is 3. The number of amides is 3. The van der Waals surface area contributed by atoms with Gasteiger partial charge in [0.25, 0.3) is 5.91 Å². The normalized spacial score (nSPS) is 10.8. The number of alkyl halides is 3. The fourth-order valence-corrected chi connectivity index (χ4v) is 2.21. The third-order valence-corrected chi connectivity index (χ3v) is 3.54. The third kappa shape index (κ3) is 9.77. The minimum Gasteiger partial charge on any atom is -0.494 e. The molecule has 0 saturated heterocycles. The molecule has 2 N–H and O–H groups in total. The van der Waals surface area contributed by atoms with Crippen molar-refractivity contribution in [2.24, 2.45) is 0 Å². The number of benzene rings is 1. The summed E-state index contributed by atoms with van der Waals surface area (Å²) in [5.41, 5.74) is 0. The summed E-state index contributed by atoms with van der Waals surface area (Å²) >= 11 is 1.17. The minimum atomic E-state index is -4.59. The van der Waals surface area contributed by atoms with E-state index in [0.29, 0.717) is 12.4 Å². The highest BCUT2D eigenvalue weighted by Crippen LogP contribution is 2.21. The number of hydrogen-bond acceptors (Lipinski definition) is 6. The van der Waals surface area contributed by atoms with Crippen LogP contribution in [0, 0.1) is 0 Å². The molecular weight excluding hydrogens is 377 g/mol. The topological polar surface area (TPSA) is 93.7 Å². The van der Waals surface area contributed by atoms with Crippen LogP contribution >= 0.6 is 11.8 Å². The van der Waals surface area contributed by atoms with Gasteiger partial charge in [0.2, 0.25) is 0 Å². The number of esters is 1. The van der Waals surface area contributed by atoms with Gasteiger partial charge in [0.15, 0.2) is 6.61 Å². The zero-order valence-corrected chi connectivity index (χ0v) is 14.5. The number of rotatable bonds is 8. The molecule has 144 valence electrons. The summed E-state index contributed by atoms with van der Waals surface area (Å²) in [6, 6.07) is 5.66. The Morgan fingerprint density at radius 2 is 1.81 bits per heavy atom. The Bertz CT molecular complexity index is 623. The molecule has 1 aromatic rings. The first-order chi connectivity index (χ1) is 12.2. The molecule has 1 rings (SSSR count). The summed E-state index contributed by atoms with van der Waals surface area (Å²) in [5, 5.41) is 3.06. The highest BCUT2D eigenvalue weighted by Gasteiger charge is 2.28. The molecule has 0 saturated carbocycles. The molecule has 0 aromatic heterocycles. The lowest BCUT2D eigenvalue weighted by Crippen LogP contribution is -2.44. The Labute approximate surface area is 151 Å². The SMILES string of the molecule is CCOc1ccc(SCC(=O)OCC(=O)NC(=O)NCC(F)(F)F)cc1. The molecule has 3 amide bonds. The van der Waals surface area contributed by atoms with Gasteiger partial charge in [-0.05, 0) is 31.2 Å². The van der Waals surface area contributed by atoms with Crippen molar-refractivity contribution < 1.29 is 37.0 Å². The van der Waals surface area contributed by atoms with E-state index in [0.717, 1.165) is 4.90 Å². The standard InChI is InChI=1S/C15H17F3N2O5S/c1-2-24-10-3-5-11(6-4-10)26-8-13(22)25-7-12(21)20-14(23)19-9-15(16,17)18/h3-6H,2,7-9H2,1H3,(H2,19,20,21,23). The Balaban J connectivity index is 2.24. The van der Waals surface area contributed by atoms with Gasteiger partial charge < -0.3 is 14.8 Å². The number of ether oxygens (including phenoxy) is 2. The average molecular weight is 394 g/mol. The smallest absolute Gasteiger partial charge is 0.405 e. The Morgan fingerprint density at radius 1 is 1.15 bits per heavy atom. The van der Waals surface area contributed by atoms with E-state index in [9.17, 15) is 27.6 Å². The predicted molar refractivity (Wildman–Crippen MR) is 86.9 cm³/mol. The van der Waals surface area contributed by atoms with Crippen molar-refractivity contribution >= 4 is 29.7 Å².